The second-order valence-electron chi connectivity index (χ2n) is 5.82. The third-order valence-electron chi connectivity index (χ3n) is 3.79. The summed E-state index contributed by atoms with van der Waals surface area (Å²) in [5, 5.41) is 2.77. The van der Waals surface area contributed by atoms with Crippen molar-refractivity contribution in [1.82, 2.24) is 5.32 Å². The Hall–Kier alpha value is -2.82. The number of nitrogens with one attached hydrogen (secondary N) is 1. The Balaban J connectivity index is 1.83. The van der Waals surface area contributed by atoms with Crippen LogP contribution in [0.15, 0.2) is 48.5 Å². The number of carbonyl (C=O) groups excluding carboxylic acids is 2. The zero-order valence-electron chi connectivity index (χ0n) is 14.7. The maximum atomic E-state index is 12.1. The van der Waals surface area contributed by atoms with Gasteiger partial charge in [0.15, 0.2) is 6.10 Å². The van der Waals surface area contributed by atoms with Crippen LogP contribution in [0.4, 0.5) is 0 Å². The fraction of sp³-hybridized carbons (Fsp3) is 0.300. The molecular weight excluding hydrogens is 318 g/mol. The van der Waals surface area contributed by atoms with Crippen LogP contribution in [0, 0.1) is 6.92 Å². The lowest BCUT2D eigenvalue weighted by Gasteiger charge is -2.14. The summed E-state index contributed by atoms with van der Waals surface area (Å²) in [4.78, 5) is 24.1. The molecule has 25 heavy (non-hydrogen) atoms. The molecule has 0 heterocycles. The Morgan fingerprint density at radius 2 is 1.76 bits per heavy atom. The average Bonchev–Trinajstić information content (AvgIpc) is 2.61. The minimum absolute atomic E-state index is 0.0552. The predicted molar refractivity (Wildman–Crippen MR) is 95.3 cm³/mol. The molecule has 2 rings (SSSR count). The number of ether oxygens (including phenoxy) is 2. The second-order valence-corrected chi connectivity index (χ2v) is 5.82. The Bertz CT molecular complexity index is 725. The molecule has 1 atom stereocenters. The smallest absolute Gasteiger partial charge is 0.311 e. The summed E-state index contributed by atoms with van der Waals surface area (Å²) in [5.41, 5.74) is 2.88. The average molecular weight is 341 g/mol. The van der Waals surface area contributed by atoms with Gasteiger partial charge in [-0.1, -0.05) is 48.0 Å². The molecule has 0 unspecified atom stereocenters. The summed E-state index contributed by atoms with van der Waals surface area (Å²) in [6.07, 6.45) is -0.799. The van der Waals surface area contributed by atoms with Crippen LogP contribution in [0.1, 0.15) is 23.6 Å². The standard InChI is InChI=1S/C20H23NO4/c1-14-8-10-16(11-9-14)13-21-20(23)15(2)25-19(22)12-17-6-4-5-7-18(17)24-3/h4-11,15H,12-13H2,1-3H3,(H,21,23)/t15-/m0/s1. The number of para-hydroxylation sites is 1. The fourth-order valence-corrected chi connectivity index (χ4v) is 2.34. The van der Waals surface area contributed by atoms with Crippen molar-refractivity contribution in [2.24, 2.45) is 0 Å². The Morgan fingerprint density at radius 3 is 2.44 bits per heavy atom. The minimum Gasteiger partial charge on any atom is -0.496 e. The van der Waals surface area contributed by atoms with Gasteiger partial charge in [0, 0.05) is 12.1 Å². The van der Waals surface area contributed by atoms with E-state index in [1.54, 1.807) is 26.2 Å². The predicted octanol–water partition coefficient (Wildman–Crippen LogP) is 2.79. The van der Waals surface area contributed by atoms with Gasteiger partial charge >= 0.3 is 5.97 Å². The van der Waals surface area contributed by atoms with Crippen LogP contribution in [-0.4, -0.2) is 25.1 Å². The second kappa shape index (κ2) is 8.87. The largest absolute Gasteiger partial charge is 0.496 e. The molecule has 1 N–H and O–H groups in total. The molecule has 5 heteroatoms. The number of amides is 1. The van der Waals surface area contributed by atoms with E-state index in [0.29, 0.717) is 12.3 Å². The van der Waals surface area contributed by atoms with Crippen LogP contribution in [0.5, 0.6) is 5.75 Å². The number of hydrogen-bond donors (Lipinski definition) is 1. The number of carbonyl (C=O) groups is 2. The van der Waals surface area contributed by atoms with Gasteiger partial charge in [-0.15, -0.1) is 0 Å². The highest BCUT2D eigenvalue weighted by Gasteiger charge is 2.18. The van der Waals surface area contributed by atoms with Gasteiger partial charge in [0.25, 0.3) is 5.91 Å². The molecule has 0 aliphatic rings. The van der Waals surface area contributed by atoms with Gasteiger partial charge in [0.1, 0.15) is 5.75 Å². The Morgan fingerprint density at radius 1 is 1.08 bits per heavy atom. The van der Waals surface area contributed by atoms with E-state index in [0.717, 1.165) is 16.7 Å². The van der Waals surface area contributed by atoms with Crippen LogP contribution in [-0.2, 0) is 27.3 Å². The molecule has 0 spiro atoms. The SMILES string of the molecule is COc1ccccc1CC(=O)O[C@@H](C)C(=O)NCc1ccc(C)cc1. The van der Waals surface area contributed by atoms with E-state index in [1.165, 1.54) is 0 Å². The third-order valence-corrected chi connectivity index (χ3v) is 3.79. The van der Waals surface area contributed by atoms with Crippen molar-refractivity contribution >= 4 is 11.9 Å². The number of methoxy groups -OCH3 is 1. The van der Waals surface area contributed by atoms with Crippen LogP contribution in [0.25, 0.3) is 0 Å². The van der Waals surface area contributed by atoms with E-state index in [2.05, 4.69) is 5.32 Å². The molecular formula is C20H23NO4. The Labute approximate surface area is 148 Å². The van der Waals surface area contributed by atoms with Crippen LogP contribution in [0.2, 0.25) is 0 Å². The van der Waals surface area contributed by atoms with Crippen molar-refractivity contribution in [3.8, 4) is 5.75 Å². The third kappa shape index (κ3) is 5.64. The molecule has 2 aromatic rings. The van der Waals surface area contributed by atoms with Gasteiger partial charge in [-0.25, -0.2) is 0 Å². The highest BCUT2D eigenvalue weighted by molar-refractivity contribution is 5.84. The first-order valence-electron chi connectivity index (χ1n) is 8.14. The normalized spacial score (nSPS) is 11.5. The monoisotopic (exact) mass is 341 g/mol. The van der Waals surface area contributed by atoms with E-state index in [4.69, 9.17) is 9.47 Å². The Kier molecular flexibility index (Phi) is 6.57. The van der Waals surface area contributed by atoms with E-state index in [-0.39, 0.29) is 12.3 Å². The summed E-state index contributed by atoms with van der Waals surface area (Å²) in [5.74, 6) is -0.174. The fourth-order valence-electron chi connectivity index (χ4n) is 2.34. The molecule has 5 nitrogen and oxygen atoms in total. The molecule has 0 aromatic heterocycles. The first-order chi connectivity index (χ1) is 12.0. The van der Waals surface area contributed by atoms with Gasteiger partial charge in [0.05, 0.1) is 13.5 Å². The number of esters is 1. The molecule has 0 saturated heterocycles. The van der Waals surface area contributed by atoms with Crippen molar-refractivity contribution in [2.75, 3.05) is 7.11 Å². The first-order valence-corrected chi connectivity index (χ1v) is 8.14. The zero-order valence-corrected chi connectivity index (χ0v) is 14.7. The first kappa shape index (κ1) is 18.5. The maximum Gasteiger partial charge on any atom is 0.311 e. The van der Waals surface area contributed by atoms with Gasteiger partial charge in [-0.3, -0.25) is 9.59 Å². The summed E-state index contributed by atoms with van der Waals surface area (Å²) in [7, 11) is 1.55. The van der Waals surface area contributed by atoms with Gasteiger partial charge < -0.3 is 14.8 Å². The van der Waals surface area contributed by atoms with Crippen molar-refractivity contribution in [2.45, 2.75) is 32.9 Å². The highest BCUT2D eigenvalue weighted by Crippen LogP contribution is 2.18. The van der Waals surface area contributed by atoms with Gasteiger partial charge in [-0.05, 0) is 25.5 Å². The highest BCUT2D eigenvalue weighted by atomic mass is 16.5. The molecule has 2 aromatic carbocycles. The number of benzene rings is 2. The quantitative estimate of drug-likeness (QED) is 0.787. The molecule has 132 valence electrons. The van der Waals surface area contributed by atoms with E-state index in [9.17, 15) is 9.59 Å². The van der Waals surface area contributed by atoms with Crippen molar-refractivity contribution in [1.29, 1.82) is 0 Å². The molecule has 0 aliphatic carbocycles. The van der Waals surface area contributed by atoms with Crippen molar-refractivity contribution in [3.05, 3.63) is 65.2 Å². The molecule has 0 saturated carbocycles. The maximum absolute atomic E-state index is 12.1. The van der Waals surface area contributed by atoms with Crippen molar-refractivity contribution < 1.29 is 19.1 Å². The summed E-state index contributed by atoms with van der Waals surface area (Å²) >= 11 is 0. The van der Waals surface area contributed by atoms with Crippen molar-refractivity contribution in [3.63, 3.8) is 0 Å². The summed E-state index contributed by atoms with van der Waals surface area (Å²) in [6, 6.07) is 15.1. The summed E-state index contributed by atoms with van der Waals surface area (Å²) in [6.45, 7) is 3.96. The number of rotatable bonds is 7. The van der Waals surface area contributed by atoms with E-state index < -0.39 is 12.1 Å². The van der Waals surface area contributed by atoms with Crippen LogP contribution in [0.3, 0.4) is 0 Å². The van der Waals surface area contributed by atoms with Crippen LogP contribution < -0.4 is 10.1 Å². The number of hydrogen-bond acceptors (Lipinski definition) is 4. The number of aryl methyl sites for hydroxylation is 1. The minimum atomic E-state index is -0.854. The molecule has 1 amide bonds. The molecule has 0 radical (unpaired) electrons. The van der Waals surface area contributed by atoms with Gasteiger partial charge in [-0.2, -0.15) is 0 Å². The van der Waals surface area contributed by atoms with E-state index >= 15 is 0 Å². The molecule has 0 fully saturated rings. The topological polar surface area (TPSA) is 64.6 Å². The molecule has 0 aliphatic heterocycles. The summed E-state index contributed by atoms with van der Waals surface area (Å²) < 4.78 is 10.4. The lowest BCUT2D eigenvalue weighted by Crippen LogP contribution is -2.35. The van der Waals surface area contributed by atoms with Gasteiger partial charge in [0.2, 0.25) is 0 Å². The zero-order chi connectivity index (χ0) is 18.2. The molecule has 0 bridgehead atoms. The lowest BCUT2D eigenvalue weighted by atomic mass is 10.1. The van der Waals surface area contributed by atoms with Crippen LogP contribution >= 0.6 is 0 Å². The lowest BCUT2D eigenvalue weighted by molar-refractivity contribution is -0.154. The van der Waals surface area contributed by atoms with E-state index in [1.807, 2.05) is 43.3 Å².